The summed E-state index contributed by atoms with van der Waals surface area (Å²) in [5, 5.41) is 5.40. The van der Waals surface area contributed by atoms with Crippen molar-refractivity contribution >= 4 is 44.1 Å². The summed E-state index contributed by atoms with van der Waals surface area (Å²) in [6.45, 7) is 0.369. The van der Waals surface area contributed by atoms with Crippen LogP contribution in [0.1, 0.15) is 5.56 Å². The molecule has 8 heteroatoms. The lowest BCUT2D eigenvalue weighted by Gasteiger charge is -2.09. The lowest BCUT2D eigenvalue weighted by molar-refractivity contribution is 0.251. The van der Waals surface area contributed by atoms with Gasteiger partial charge in [-0.1, -0.05) is 0 Å². The first-order valence-corrected chi connectivity index (χ1v) is 10.6. The molecule has 0 saturated carbocycles. The van der Waals surface area contributed by atoms with E-state index in [1.165, 1.54) is 12.1 Å². The van der Waals surface area contributed by atoms with Crippen LogP contribution in [0.4, 0.5) is 10.5 Å². The number of carbonyl (C=O) groups excluding carboxylic acids is 1. The lowest BCUT2D eigenvalue weighted by atomic mass is 10.3. The second-order valence-corrected chi connectivity index (χ2v) is 8.84. The van der Waals surface area contributed by atoms with E-state index >= 15 is 0 Å². The van der Waals surface area contributed by atoms with Crippen LogP contribution in [-0.4, -0.2) is 19.4 Å². The fourth-order valence-electron chi connectivity index (χ4n) is 2.33. The second-order valence-electron chi connectivity index (χ2n) is 5.64. The minimum atomic E-state index is -3.58. The van der Waals surface area contributed by atoms with Crippen molar-refractivity contribution in [3.8, 4) is 0 Å². The molecule has 0 atom stereocenters. The number of amides is 2. The molecule has 2 amide bonds. The van der Waals surface area contributed by atoms with E-state index in [4.69, 9.17) is 0 Å². The molecule has 0 unspecified atom stereocenters. The van der Waals surface area contributed by atoms with E-state index in [1.807, 2.05) is 12.1 Å². The van der Waals surface area contributed by atoms with Gasteiger partial charge in [0.25, 0.3) is 0 Å². The maximum absolute atomic E-state index is 12.6. The lowest BCUT2D eigenvalue weighted by Crippen LogP contribution is -2.28. The zero-order valence-corrected chi connectivity index (χ0v) is 17.1. The Morgan fingerprint density at radius 3 is 2.04 bits per heavy atom. The molecule has 2 aromatic carbocycles. The molecule has 0 aliphatic carbocycles. The van der Waals surface area contributed by atoms with Crippen LogP contribution >= 0.6 is 22.6 Å². The number of anilines is 1. The van der Waals surface area contributed by atoms with Gasteiger partial charge in [-0.25, -0.2) is 13.2 Å². The molecule has 1 heterocycles. The molecule has 0 spiro atoms. The Hall–Kier alpha value is -2.46. The quantitative estimate of drug-likeness (QED) is 0.529. The summed E-state index contributed by atoms with van der Waals surface area (Å²) in [5.41, 5.74) is 1.43. The van der Waals surface area contributed by atoms with Gasteiger partial charge in [-0.15, -0.1) is 0 Å². The van der Waals surface area contributed by atoms with Crippen LogP contribution in [0, 0.1) is 3.57 Å². The Morgan fingerprint density at radius 2 is 1.44 bits per heavy atom. The summed E-state index contributed by atoms with van der Waals surface area (Å²) in [7, 11) is -3.58. The molecule has 0 fully saturated rings. The van der Waals surface area contributed by atoms with Gasteiger partial charge in [0.2, 0.25) is 9.84 Å². The highest BCUT2D eigenvalue weighted by Gasteiger charge is 2.17. The van der Waals surface area contributed by atoms with Crippen molar-refractivity contribution in [3.63, 3.8) is 0 Å². The largest absolute Gasteiger partial charge is 0.334 e. The maximum atomic E-state index is 12.6. The van der Waals surface area contributed by atoms with E-state index in [-0.39, 0.29) is 15.8 Å². The van der Waals surface area contributed by atoms with Crippen molar-refractivity contribution in [1.29, 1.82) is 0 Å². The first-order valence-electron chi connectivity index (χ1n) is 7.99. The SMILES string of the molecule is O=C(NCc1ccncc1)Nc1ccc(S(=O)(=O)c2ccc(I)cc2)cc1. The average molecular weight is 493 g/mol. The number of aromatic nitrogens is 1. The van der Waals surface area contributed by atoms with E-state index in [1.54, 1.807) is 48.8 Å². The van der Waals surface area contributed by atoms with Gasteiger partial charge in [0.1, 0.15) is 0 Å². The molecule has 3 rings (SSSR count). The van der Waals surface area contributed by atoms with Crippen LogP contribution in [0.25, 0.3) is 0 Å². The predicted octanol–water partition coefficient (Wildman–Crippen LogP) is 3.84. The summed E-state index contributed by atoms with van der Waals surface area (Å²) in [4.78, 5) is 16.3. The van der Waals surface area contributed by atoms with Crippen molar-refractivity contribution in [3.05, 3.63) is 82.2 Å². The Labute approximate surface area is 171 Å². The zero-order chi connectivity index (χ0) is 19.3. The fraction of sp³-hybridized carbons (Fsp3) is 0.0526. The number of hydrogen-bond donors (Lipinski definition) is 2. The van der Waals surface area contributed by atoms with Gasteiger partial charge in [0, 0.05) is 28.2 Å². The zero-order valence-electron chi connectivity index (χ0n) is 14.1. The first kappa shape index (κ1) is 19.3. The van der Waals surface area contributed by atoms with Gasteiger partial charge in [0.15, 0.2) is 0 Å². The molecule has 6 nitrogen and oxygen atoms in total. The normalized spacial score (nSPS) is 11.0. The van der Waals surface area contributed by atoms with Gasteiger partial charge >= 0.3 is 6.03 Å². The summed E-state index contributed by atoms with van der Waals surface area (Å²) in [6.07, 6.45) is 3.31. The Kier molecular flexibility index (Phi) is 6.07. The van der Waals surface area contributed by atoms with E-state index in [2.05, 4.69) is 38.2 Å². The van der Waals surface area contributed by atoms with Crippen molar-refractivity contribution in [2.45, 2.75) is 16.3 Å². The molecule has 0 aliphatic heterocycles. The highest BCUT2D eigenvalue weighted by atomic mass is 127. The summed E-state index contributed by atoms with van der Waals surface area (Å²) >= 11 is 2.12. The van der Waals surface area contributed by atoms with E-state index in [9.17, 15) is 13.2 Å². The van der Waals surface area contributed by atoms with Crippen LogP contribution in [0.3, 0.4) is 0 Å². The molecule has 1 aromatic heterocycles. The fourth-order valence-corrected chi connectivity index (χ4v) is 3.95. The minimum Gasteiger partial charge on any atom is -0.334 e. The van der Waals surface area contributed by atoms with Gasteiger partial charge in [0.05, 0.1) is 9.79 Å². The molecule has 0 bridgehead atoms. The predicted molar refractivity (Wildman–Crippen MR) is 111 cm³/mol. The number of rotatable bonds is 5. The number of carbonyl (C=O) groups is 1. The van der Waals surface area contributed by atoms with Crippen molar-refractivity contribution in [1.82, 2.24) is 10.3 Å². The van der Waals surface area contributed by atoms with Crippen LogP contribution < -0.4 is 10.6 Å². The number of urea groups is 1. The molecular formula is C19H16IN3O3S. The summed E-state index contributed by atoms with van der Waals surface area (Å²) in [5.74, 6) is 0. The van der Waals surface area contributed by atoms with E-state index in [0.717, 1.165) is 9.13 Å². The highest BCUT2D eigenvalue weighted by Crippen LogP contribution is 2.23. The maximum Gasteiger partial charge on any atom is 0.319 e. The molecule has 3 aromatic rings. The summed E-state index contributed by atoms with van der Waals surface area (Å²) in [6, 6.07) is 16.0. The van der Waals surface area contributed by atoms with E-state index < -0.39 is 9.84 Å². The van der Waals surface area contributed by atoms with Crippen molar-refractivity contribution < 1.29 is 13.2 Å². The van der Waals surface area contributed by atoms with Crippen molar-refractivity contribution in [2.24, 2.45) is 0 Å². The van der Waals surface area contributed by atoms with Gasteiger partial charge in [-0.05, 0) is 88.8 Å². The molecule has 138 valence electrons. The summed E-state index contributed by atoms with van der Waals surface area (Å²) < 4.78 is 26.2. The van der Waals surface area contributed by atoms with Crippen LogP contribution in [-0.2, 0) is 16.4 Å². The third kappa shape index (κ3) is 5.04. The van der Waals surface area contributed by atoms with Crippen LogP contribution in [0.2, 0.25) is 0 Å². The number of pyridine rings is 1. The molecule has 2 N–H and O–H groups in total. The molecule has 0 radical (unpaired) electrons. The van der Waals surface area contributed by atoms with Crippen molar-refractivity contribution in [2.75, 3.05) is 5.32 Å². The smallest absolute Gasteiger partial charge is 0.319 e. The number of benzene rings is 2. The van der Waals surface area contributed by atoms with Gasteiger partial charge < -0.3 is 10.6 Å². The second kappa shape index (κ2) is 8.49. The number of nitrogens with zero attached hydrogens (tertiary/aromatic N) is 1. The number of hydrogen-bond acceptors (Lipinski definition) is 4. The topological polar surface area (TPSA) is 88.2 Å². The molecular weight excluding hydrogens is 477 g/mol. The Balaban J connectivity index is 1.64. The van der Waals surface area contributed by atoms with Gasteiger partial charge in [-0.2, -0.15) is 0 Å². The molecule has 0 aliphatic rings. The number of halogens is 1. The number of nitrogens with one attached hydrogen (secondary N) is 2. The third-order valence-corrected chi connectivity index (χ3v) is 6.25. The van der Waals surface area contributed by atoms with Crippen LogP contribution in [0.15, 0.2) is 82.8 Å². The average Bonchev–Trinajstić information content (AvgIpc) is 2.68. The Morgan fingerprint density at radius 1 is 0.889 bits per heavy atom. The third-order valence-electron chi connectivity index (χ3n) is 3.75. The van der Waals surface area contributed by atoms with E-state index in [0.29, 0.717) is 12.2 Å². The minimum absolute atomic E-state index is 0.173. The standard InChI is InChI=1S/C19H16IN3O3S/c20-15-1-5-17(6-2-15)27(25,26)18-7-3-16(4-8-18)23-19(24)22-13-14-9-11-21-12-10-14/h1-12H,13H2,(H2,22,23,24). The Bertz CT molecular complexity index is 1020. The first-order chi connectivity index (χ1) is 12.9. The highest BCUT2D eigenvalue weighted by molar-refractivity contribution is 14.1. The number of sulfone groups is 1. The molecule has 0 saturated heterocycles. The van der Waals surface area contributed by atoms with Crippen LogP contribution in [0.5, 0.6) is 0 Å². The van der Waals surface area contributed by atoms with Gasteiger partial charge in [-0.3, -0.25) is 4.98 Å². The monoisotopic (exact) mass is 493 g/mol. The molecule has 27 heavy (non-hydrogen) atoms.